The molecule has 1 heterocycles. The Hall–Kier alpha value is -0.0400. The van der Waals surface area contributed by atoms with Crippen LogP contribution in [0.15, 0.2) is 0 Å². The predicted octanol–water partition coefficient (Wildman–Crippen LogP) is 4.67. The zero-order chi connectivity index (χ0) is 13.6. The fourth-order valence-electron chi connectivity index (χ4n) is 2.92. The Morgan fingerprint density at radius 2 is 1.24 bits per heavy atom. The van der Waals surface area contributed by atoms with Crippen LogP contribution in [0.25, 0.3) is 0 Å². The number of hydrogen-bond donors (Lipinski definition) is 0. The smallest absolute Gasteiger partial charge is 0.0461 e. The Kier molecular flexibility index (Phi) is 4.68. The third kappa shape index (κ3) is 3.98. The summed E-state index contributed by atoms with van der Waals surface area (Å²) in [5.74, 6) is 1.37. The van der Waals surface area contributed by atoms with Gasteiger partial charge in [0.1, 0.15) is 0 Å². The van der Waals surface area contributed by atoms with Crippen molar-refractivity contribution >= 4 is 0 Å². The highest BCUT2D eigenvalue weighted by Crippen LogP contribution is 2.46. The minimum atomic E-state index is -0.441. The maximum Gasteiger partial charge on any atom is 0.0461 e. The van der Waals surface area contributed by atoms with Gasteiger partial charge in [0.05, 0.1) is 0 Å². The summed E-state index contributed by atoms with van der Waals surface area (Å²) in [6.07, 6.45) is 0. The predicted molar refractivity (Wildman–Crippen MR) is 79.3 cm³/mol. The van der Waals surface area contributed by atoms with Gasteiger partial charge in [-0.3, -0.25) is 0 Å². The van der Waals surface area contributed by atoms with Crippen molar-refractivity contribution in [2.45, 2.75) is 68.8 Å². The summed E-state index contributed by atoms with van der Waals surface area (Å²) in [5, 5.41) is 0. The van der Waals surface area contributed by atoms with E-state index in [2.05, 4.69) is 46.4 Å². The molecule has 1 saturated heterocycles. The highest BCUT2D eigenvalue weighted by molar-refractivity contribution is 4.96. The molecular formula is C16H35N. The second-order valence-electron chi connectivity index (χ2n) is 7.80. The Balaban J connectivity index is 0.00000289. The van der Waals surface area contributed by atoms with E-state index in [4.69, 9.17) is 1.37 Å². The maximum absolute atomic E-state index is 8.24. The molecule has 0 spiro atoms. The third-order valence-electron chi connectivity index (χ3n) is 4.18. The van der Waals surface area contributed by atoms with Crippen molar-refractivity contribution in [1.29, 1.82) is 0 Å². The van der Waals surface area contributed by atoms with Crippen LogP contribution < -0.4 is 0 Å². The van der Waals surface area contributed by atoms with Crippen LogP contribution in [0.1, 0.15) is 64.2 Å². The highest BCUT2D eigenvalue weighted by Gasteiger charge is 2.45. The van der Waals surface area contributed by atoms with Gasteiger partial charge in [0.2, 0.25) is 0 Å². The lowest BCUT2D eigenvalue weighted by Gasteiger charge is -2.38. The average molecular weight is 243 g/mol. The first-order valence-corrected chi connectivity index (χ1v) is 6.58. The zero-order valence-electron chi connectivity index (χ0n) is 13.5. The molecule has 1 aliphatic rings. The van der Waals surface area contributed by atoms with Crippen LogP contribution in [0.3, 0.4) is 0 Å². The van der Waals surface area contributed by atoms with Gasteiger partial charge in [-0.1, -0.05) is 49.0 Å². The number of rotatable bonds is 1. The third-order valence-corrected chi connectivity index (χ3v) is 4.18. The Morgan fingerprint density at radius 1 is 0.941 bits per heavy atom. The second kappa shape index (κ2) is 5.30. The molecule has 0 saturated carbocycles. The lowest BCUT2D eigenvalue weighted by molar-refractivity contribution is 0.115. The molecule has 0 aromatic rings. The molecule has 1 aliphatic heterocycles. The standard InChI is InChI=1S/C15H31N.CH4/c1-11(2)16-9-12(14(3,4)5)13(10-16)15(6,7)8;/h11-13H,9-10H2,1-8H3;1H4/i11T;. The van der Waals surface area contributed by atoms with Gasteiger partial charge in [-0.2, -0.15) is 0 Å². The minimum Gasteiger partial charge on any atom is -0.300 e. The molecule has 104 valence electrons. The summed E-state index contributed by atoms with van der Waals surface area (Å²) in [5.41, 5.74) is 0.663. The first-order chi connectivity index (χ1) is 7.33. The minimum absolute atomic E-state index is 0. The van der Waals surface area contributed by atoms with Crippen LogP contribution in [-0.4, -0.2) is 24.0 Å². The number of likely N-dealkylation sites (tertiary alicyclic amines) is 1. The topological polar surface area (TPSA) is 3.24 Å². The molecule has 2 atom stereocenters. The van der Waals surface area contributed by atoms with Crippen LogP contribution in [0.2, 0.25) is 0 Å². The van der Waals surface area contributed by atoms with Crippen molar-refractivity contribution in [2.75, 3.05) is 13.1 Å². The molecule has 0 aromatic carbocycles. The molecule has 0 radical (unpaired) electrons. The van der Waals surface area contributed by atoms with Gasteiger partial charge in [0.15, 0.2) is 0 Å². The van der Waals surface area contributed by atoms with Crippen LogP contribution >= 0.6 is 0 Å². The van der Waals surface area contributed by atoms with Crippen LogP contribution in [-0.2, 0) is 0 Å². The Morgan fingerprint density at radius 3 is 1.41 bits per heavy atom. The zero-order valence-corrected chi connectivity index (χ0v) is 12.5. The van der Waals surface area contributed by atoms with E-state index in [9.17, 15) is 0 Å². The lowest BCUT2D eigenvalue weighted by atomic mass is 9.66. The van der Waals surface area contributed by atoms with E-state index >= 15 is 0 Å². The van der Waals surface area contributed by atoms with Gasteiger partial charge in [-0.25, -0.2) is 0 Å². The van der Waals surface area contributed by atoms with E-state index in [1.165, 1.54) is 0 Å². The first kappa shape index (κ1) is 15.0. The van der Waals surface area contributed by atoms with Gasteiger partial charge in [-0.15, -0.1) is 0 Å². The average Bonchev–Trinajstić information content (AvgIpc) is 2.42. The molecule has 1 fully saturated rings. The quantitative estimate of drug-likeness (QED) is 0.647. The van der Waals surface area contributed by atoms with Crippen molar-refractivity contribution in [1.82, 2.24) is 4.90 Å². The van der Waals surface area contributed by atoms with Crippen molar-refractivity contribution in [3.63, 3.8) is 0 Å². The molecule has 1 rings (SSSR count). The van der Waals surface area contributed by atoms with Crippen LogP contribution in [0.4, 0.5) is 0 Å². The van der Waals surface area contributed by atoms with E-state index in [1.54, 1.807) is 0 Å². The van der Waals surface area contributed by atoms with Crippen molar-refractivity contribution in [3.8, 4) is 0 Å². The fourth-order valence-corrected chi connectivity index (χ4v) is 2.92. The molecule has 2 unspecified atom stereocenters. The van der Waals surface area contributed by atoms with Crippen LogP contribution in [0.5, 0.6) is 0 Å². The summed E-state index contributed by atoms with van der Waals surface area (Å²) in [6, 6.07) is -0.441. The van der Waals surface area contributed by atoms with Gasteiger partial charge in [0, 0.05) is 20.5 Å². The van der Waals surface area contributed by atoms with Crippen molar-refractivity contribution in [2.24, 2.45) is 22.7 Å². The Bertz CT molecular complexity index is 242. The maximum atomic E-state index is 8.24. The highest BCUT2D eigenvalue weighted by atomic mass is 15.2. The molecular weight excluding hydrogens is 206 g/mol. The van der Waals surface area contributed by atoms with E-state index in [1.807, 2.05) is 13.8 Å². The van der Waals surface area contributed by atoms with E-state index in [0.29, 0.717) is 22.7 Å². The monoisotopic (exact) mass is 243 g/mol. The molecule has 0 amide bonds. The summed E-state index contributed by atoms with van der Waals surface area (Å²) in [6.45, 7) is 20.2. The molecule has 1 nitrogen and oxygen atoms in total. The summed E-state index contributed by atoms with van der Waals surface area (Å²) in [4.78, 5) is 2.35. The van der Waals surface area contributed by atoms with Gasteiger partial charge in [-0.05, 0) is 36.5 Å². The first-order valence-electron chi connectivity index (χ1n) is 7.08. The number of hydrogen-bond acceptors (Lipinski definition) is 1. The van der Waals surface area contributed by atoms with E-state index < -0.39 is 6.02 Å². The summed E-state index contributed by atoms with van der Waals surface area (Å²) >= 11 is 0. The van der Waals surface area contributed by atoms with Crippen molar-refractivity contribution < 1.29 is 1.37 Å². The fraction of sp³-hybridized carbons (Fsp3) is 1.00. The summed E-state index contributed by atoms with van der Waals surface area (Å²) < 4.78 is 8.24. The largest absolute Gasteiger partial charge is 0.300 e. The lowest BCUT2D eigenvalue weighted by Crippen LogP contribution is -2.34. The van der Waals surface area contributed by atoms with E-state index in [-0.39, 0.29) is 7.43 Å². The van der Waals surface area contributed by atoms with Crippen molar-refractivity contribution in [3.05, 3.63) is 0 Å². The molecule has 0 aromatic heterocycles. The Labute approximate surface area is 111 Å². The normalized spacial score (nSPS) is 28.8. The number of nitrogens with zero attached hydrogens (tertiary/aromatic N) is 1. The second-order valence-corrected chi connectivity index (χ2v) is 7.80. The molecule has 1 heteroatoms. The van der Waals surface area contributed by atoms with Gasteiger partial charge >= 0.3 is 0 Å². The SMILES string of the molecule is C.[3H]C(C)(C)N1CC(C(C)(C)C)C(C(C)(C)C)C1. The molecule has 0 N–H and O–H groups in total. The molecule has 17 heavy (non-hydrogen) atoms. The molecule has 0 aliphatic carbocycles. The van der Waals surface area contributed by atoms with Crippen LogP contribution in [0, 0.1) is 22.7 Å². The van der Waals surface area contributed by atoms with Gasteiger partial charge < -0.3 is 4.90 Å². The molecule has 0 bridgehead atoms. The van der Waals surface area contributed by atoms with E-state index in [0.717, 1.165) is 13.1 Å². The van der Waals surface area contributed by atoms with Gasteiger partial charge in [0.25, 0.3) is 0 Å². The summed E-state index contributed by atoms with van der Waals surface area (Å²) in [7, 11) is 0.